The van der Waals surface area contributed by atoms with Crippen LogP contribution in [-0.2, 0) is 82.8 Å². The van der Waals surface area contributed by atoms with Crippen LogP contribution in [0.3, 0.4) is 0 Å². The molecule has 11 N–H and O–H groups in total. The number of rotatable bonds is 49. The fraction of sp³-hybridized carbons (Fsp3) is 0.681. The van der Waals surface area contributed by atoms with Gasteiger partial charge in [-0.2, -0.15) is 0 Å². The van der Waals surface area contributed by atoms with Gasteiger partial charge in [-0.15, -0.1) is 0 Å². The first-order valence-electron chi connectivity index (χ1n) is 34.2. The molecule has 0 spiro atoms. The Morgan fingerprint density at radius 2 is 1.25 bits per heavy atom. The summed E-state index contributed by atoms with van der Waals surface area (Å²) < 4.78 is 39.6. The molecule has 2 aromatic carbocycles. The molecule has 2 aromatic rings. The van der Waals surface area contributed by atoms with Gasteiger partial charge < -0.3 is 95.4 Å². The number of carbonyl (C=O) groups excluding carboxylic acids is 9. The van der Waals surface area contributed by atoms with E-state index >= 15 is 0 Å². The summed E-state index contributed by atoms with van der Waals surface area (Å²) in [5, 5.41) is 26.4. The number of nitrogens with two attached hydrogens (primary N) is 2. The average Bonchev–Trinajstić information content (AvgIpc) is 1.40. The first-order valence-corrected chi connectivity index (χ1v) is 34.2. The number of anilines is 1. The van der Waals surface area contributed by atoms with E-state index in [0.29, 0.717) is 71.1 Å². The van der Waals surface area contributed by atoms with E-state index in [1.807, 2.05) is 19.9 Å². The summed E-state index contributed by atoms with van der Waals surface area (Å²) in [5.41, 5.74) is 6.30. The van der Waals surface area contributed by atoms with Crippen molar-refractivity contribution in [1.82, 2.24) is 41.3 Å². The third-order valence-corrected chi connectivity index (χ3v) is 17.4. The van der Waals surface area contributed by atoms with Crippen molar-refractivity contribution in [3.05, 3.63) is 60.2 Å². The number of nitrogens with zero attached hydrogens (tertiary/aromatic N) is 3. The molecule has 10 amide bonds. The number of aliphatic carboxylic acids is 1. The summed E-state index contributed by atoms with van der Waals surface area (Å²) in [6.07, 6.45) is 0.388. The Hall–Kier alpha value is -7.58. The Bertz CT molecular complexity index is 2800. The number of ether oxygens (including phenoxy) is 7. The molecule has 99 heavy (non-hydrogen) atoms. The summed E-state index contributed by atoms with van der Waals surface area (Å²) in [6.45, 7) is 18.9. The van der Waals surface area contributed by atoms with Crippen LogP contribution in [0.4, 0.5) is 10.5 Å². The molecule has 1 saturated heterocycles. The van der Waals surface area contributed by atoms with Crippen LogP contribution in [-0.4, -0.2) is 241 Å². The summed E-state index contributed by atoms with van der Waals surface area (Å²) in [4.78, 5) is 145. The van der Waals surface area contributed by atoms with E-state index in [2.05, 4.69) is 36.7 Å². The number of likely N-dealkylation sites (N-methyl/N-ethyl adjacent to an activating group) is 2. The van der Waals surface area contributed by atoms with Gasteiger partial charge in [-0.05, 0) is 79.2 Å². The minimum Gasteiger partial charge on any atom is -0.484 e. The second-order valence-corrected chi connectivity index (χ2v) is 25.8. The highest BCUT2D eigenvalue weighted by Crippen LogP contribution is 2.30. The number of likely N-dealkylation sites (tertiary alicyclic amines) is 1. The number of hydrogen-bond donors (Lipinski definition) is 9. The number of carbonyl (C=O) groups is 10. The smallest absolute Gasteiger partial charge is 0.326 e. The number of amides is 10. The van der Waals surface area contributed by atoms with Gasteiger partial charge in [0.15, 0.2) is 6.61 Å². The number of nitrogens with one attached hydrogen (secondary N) is 6. The largest absolute Gasteiger partial charge is 0.484 e. The number of methoxy groups -OCH3 is 2. The molecule has 30 nitrogen and oxygen atoms in total. The zero-order chi connectivity index (χ0) is 73.7. The monoisotopic (exact) mass is 1400 g/mol. The van der Waals surface area contributed by atoms with Crippen LogP contribution in [0.5, 0.6) is 5.75 Å². The molecule has 1 fully saturated rings. The van der Waals surface area contributed by atoms with Gasteiger partial charge >= 0.3 is 12.0 Å². The Balaban J connectivity index is 1.64. The molecular weight excluding hydrogens is 1290 g/mol. The SMILES string of the molecule is CC[C@H](C)[C@@H]([C@@H](CC(=O)N1CCC[C@H]1[C@H](OC)[C@@H](C)C(=O)N[C@@H](Cc1ccccc1)C(=O)O)OC)N(C)C(=O)[C@@H](NC(=O)C(C(C)C)N(C)C(=O)COc1ccc(NC(=O)[C@H](CCCNC(N)=O)NC(=O)C(NC(=O)CCOCCOCCOCCOCCON)C(C)C)cc1)C(C)C. The third-order valence-electron chi connectivity index (χ3n) is 17.4. The van der Waals surface area contributed by atoms with E-state index < -0.39 is 132 Å². The Kier molecular flexibility index (Phi) is 39.8. The fourth-order valence-electron chi connectivity index (χ4n) is 11.7. The van der Waals surface area contributed by atoms with E-state index in [4.69, 9.17) is 44.8 Å². The number of hydrogen-bond acceptors (Lipinski definition) is 19. The van der Waals surface area contributed by atoms with Crippen molar-refractivity contribution < 1.29 is 91.0 Å². The van der Waals surface area contributed by atoms with Crippen molar-refractivity contribution >= 4 is 64.9 Å². The van der Waals surface area contributed by atoms with Gasteiger partial charge in [-0.3, -0.25) is 38.4 Å². The van der Waals surface area contributed by atoms with Crippen molar-refractivity contribution in [1.29, 1.82) is 0 Å². The molecular formula is C69H113N11O19. The molecule has 3 rings (SSSR count). The topological polar surface area (TPSA) is 399 Å². The van der Waals surface area contributed by atoms with Crippen molar-refractivity contribution in [2.75, 3.05) is 113 Å². The average molecular weight is 1400 g/mol. The summed E-state index contributed by atoms with van der Waals surface area (Å²) >= 11 is 0. The van der Waals surface area contributed by atoms with Crippen LogP contribution < -0.4 is 48.3 Å². The maximum atomic E-state index is 14.8. The predicted octanol–water partition coefficient (Wildman–Crippen LogP) is 2.78. The highest BCUT2D eigenvalue weighted by atomic mass is 16.6. The maximum absolute atomic E-state index is 14.8. The lowest BCUT2D eigenvalue weighted by molar-refractivity contribution is -0.149. The molecule has 1 aliphatic heterocycles. The van der Waals surface area contributed by atoms with Gasteiger partial charge in [0, 0.05) is 59.9 Å². The lowest BCUT2D eigenvalue weighted by Crippen LogP contribution is -2.60. The summed E-state index contributed by atoms with van der Waals surface area (Å²) in [5.74, 6) is -2.34. The highest BCUT2D eigenvalue weighted by Gasteiger charge is 2.44. The molecule has 0 saturated carbocycles. The van der Waals surface area contributed by atoms with Gasteiger partial charge in [0.25, 0.3) is 5.91 Å². The van der Waals surface area contributed by atoms with Crippen molar-refractivity contribution in [2.24, 2.45) is 41.2 Å². The molecule has 0 aliphatic carbocycles. The van der Waals surface area contributed by atoms with Crippen molar-refractivity contribution in [2.45, 2.75) is 168 Å². The number of urea groups is 1. The van der Waals surface area contributed by atoms with Crippen LogP contribution in [0.15, 0.2) is 54.6 Å². The fourth-order valence-corrected chi connectivity index (χ4v) is 11.7. The molecule has 0 aromatic heterocycles. The zero-order valence-electron chi connectivity index (χ0n) is 60.2. The zero-order valence-corrected chi connectivity index (χ0v) is 60.2. The second-order valence-electron chi connectivity index (χ2n) is 25.8. The minimum absolute atomic E-state index is 0.0464. The van der Waals surface area contributed by atoms with Crippen LogP contribution in [0.25, 0.3) is 0 Å². The van der Waals surface area contributed by atoms with Crippen LogP contribution in [0, 0.1) is 29.6 Å². The number of carboxylic acids is 1. The Morgan fingerprint density at radius 3 is 1.79 bits per heavy atom. The summed E-state index contributed by atoms with van der Waals surface area (Å²) in [6, 6.07) is 7.66. The van der Waals surface area contributed by atoms with E-state index in [-0.39, 0.29) is 82.0 Å². The number of primary amides is 1. The number of carboxylic acid groups (broad SMARTS) is 1. The van der Waals surface area contributed by atoms with E-state index in [1.165, 1.54) is 55.3 Å². The van der Waals surface area contributed by atoms with E-state index in [0.717, 1.165) is 5.56 Å². The van der Waals surface area contributed by atoms with Gasteiger partial charge in [-0.25, -0.2) is 15.5 Å². The van der Waals surface area contributed by atoms with Gasteiger partial charge in [0.1, 0.15) is 36.0 Å². The predicted molar refractivity (Wildman–Crippen MR) is 368 cm³/mol. The number of benzene rings is 2. The van der Waals surface area contributed by atoms with Gasteiger partial charge in [0.05, 0.1) is 96.1 Å². The molecule has 0 bridgehead atoms. The normalized spacial score (nSPS) is 16.1. The third kappa shape index (κ3) is 29.6. The second kappa shape index (κ2) is 46.0. The van der Waals surface area contributed by atoms with Gasteiger partial charge in [-0.1, -0.05) is 99.1 Å². The first kappa shape index (κ1) is 85.6. The summed E-state index contributed by atoms with van der Waals surface area (Å²) in [7, 11) is 6.02. The standard InChI is InChI=1S/C69H113N11O19/c1-14-46(8)61(54(92-12)41-56(82)80-30-19-23-53(80)62(93-13)47(9)63(84)75-52(68(89)90)40-48-20-16-15-17-21-48)79(11)67(88)59(44(4)5)77-66(87)60(45(6)7)78(10)57(83)42-98-50-26-24-49(25-27-50)73-64(85)51(22-18-29-72-69(70)91)74-65(86)58(43(2)3)76-55(81)28-31-94-32-33-95-34-35-96-36-37-97-38-39-99-71/h15-17,20-21,24-27,43-47,51-54,58-62H,14,18-19,22-23,28-42,71H2,1-13H3,(H,73,85)(H,74,86)(H,75,84)(H,76,81)(H,77,87)(H,89,90)(H3,70,72,91)/t46-,47+,51-,52-,53-,54+,58?,59-,60?,61-,62+/m0/s1. The van der Waals surface area contributed by atoms with Crippen LogP contribution in [0.2, 0.25) is 0 Å². The lowest BCUT2D eigenvalue weighted by Gasteiger charge is -2.41. The maximum Gasteiger partial charge on any atom is 0.326 e. The molecule has 11 atom stereocenters. The van der Waals surface area contributed by atoms with E-state index in [9.17, 15) is 53.1 Å². The van der Waals surface area contributed by atoms with E-state index in [1.54, 1.807) is 84.7 Å². The molecule has 0 radical (unpaired) electrons. The lowest BCUT2D eigenvalue weighted by atomic mass is 9.89. The molecule has 30 heteroatoms. The molecule has 1 heterocycles. The highest BCUT2D eigenvalue weighted by molar-refractivity contribution is 5.99. The molecule has 558 valence electrons. The van der Waals surface area contributed by atoms with Crippen molar-refractivity contribution in [3.8, 4) is 5.75 Å². The Labute approximate surface area is 583 Å². The van der Waals surface area contributed by atoms with Crippen LogP contribution in [0.1, 0.15) is 113 Å². The minimum atomic E-state index is -1.19. The van der Waals surface area contributed by atoms with Crippen LogP contribution >= 0.6 is 0 Å². The van der Waals surface area contributed by atoms with Crippen molar-refractivity contribution in [3.63, 3.8) is 0 Å². The first-order chi connectivity index (χ1) is 47.1. The Morgan fingerprint density at radius 1 is 0.667 bits per heavy atom. The quantitative estimate of drug-likeness (QED) is 0.0340. The van der Waals surface area contributed by atoms with Gasteiger partial charge in [0.2, 0.25) is 41.4 Å². The molecule has 1 aliphatic rings. The molecule has 2 unspecified atom stereocenters.